The van der Waals surface area contributed by atoms with Crippen LogP contribution in [-0.4, -0.2) is 13.1 Å². The van der Waals surface area contributed by atoms with Crippen molar-refractivity contribution < 1.29 is 4.79 Å². The second-order valence-electron chi connectivity index (χ2n) is 2.86. The molecule has 0 aliphatic carbocycles. The Bertz CT molecular complexity index is 273. The molecule has 0 aliphatic rings. The number of carbonyl (C=O) groups excluding carboxylic acids is 1. The number of hydrogen-bond donors (Lipinski definition) is 2. The van der Waals surface area contributed by atoms with Gasteiger partial charge in [0.25, 0.3) is 0 Å². The molecule has 0 radical (unpaired) electrons. The molecule has 0 fully saturated rings. The van der Waals surface area contributed by atoms with Crippen LogP contribution in [0.4, 0.5) is 4.79 Å². The van der Waals surface area contributed by atoms with E-state index in [-0.39, 0.29) is 12.1 Å². The van der Waals surface area contributed by atoms with E-state index in [2.05, 4.69) is 10.6 Å². The summed E-state index contributed by atoms with van der Waals surface area (Å²) in [4.78, 5) is 11.0. The molecule has 0 aromatic heterocycles. The lowest BCUT2D eigenvalue weighted by Gasteiger charge is -2.13. The Kier molecular flexibility index (Phi) is 13.2. The van der Waals surface area contributed by atoms with Gasteiger partial charge in [0.05, 0.1) is 6.04 Å². The maximum Gasteiger partial charge on any atom is 0.315 e. The summed E-state index contributed by atoms with van der Waals surface area (Å²) >= 11 is 0. The van der Waals surface area contributed by atoms with Gasteiger partial charge in [0.1, 0.15) is 0 Å². The summed E-state index contributed by atoms with van der Waals surface area (Å²) in [5.41, 5.74) is 1.10. The van der Waals surface area contributed by atoms with E-state index in [0.717, 1.165) is 5.56 Å². The molecular weight excluding hydrogens is 212 g/mol. The van der Waals surface area contributed by atoms with Crippen LogP contribution in [0.15, 0.2) is 30.3 Å². The third-order valence-corrected chi connectivity index (χ3v) is 1.87. The van der Waals surface area contributed by atoms with Crippen LogP contribution in [0.3, 0.4) is 0 Å². The first-order chi connectivity index (χ1) is 8.24. The van der Waals surface area contributed by atoms with Gasteiger partial charge in [-0.05, 0) is 12.5 Å². The average molecular weight is 238 g/mol. The molecule has 0 saturated heterocycles. The molecule has 1 unspecified atom stereocenters. The van der Waals surface area contributed by atoms with E-state index in [1.807, 2.05) is 65.0 Å². The number of urea groups is 1. The third-order valence-electron chi connectivity index (χ3n) is 1.87. The smallest absolute Gasteiger partial charge is 0.315 e. The monoisotopic (exact) mass is 238 g/mol. The van der Waals surface area contributed by atoms with Gasteiger partial charge < -0.3 is 10.6 Å². The van der Waals surface area contributed by atoms with Crippen LogP contribution in [0.25, 0.3) is 0 Å². The van der Waals surface area contributed by atoms with Gasteiger partial charge in [-0.15, -0.1) is 0 Å². The summed E-state index contributed by atoms with van der Waals surface area (Å²) in [5, 5.41) is 5.31. The van der Waals surface area contributed by atoms with Gasteiger partial charge in [0.15, 0.2) is 0 Å². The molecule has 2 amide bonds. The summed E-state index contributed by atoms with van der Waals surface area (Å²) in [6, 6.07) is 9.73. The standard InChI is InChI=1S/C10H14N2O.2C2H6/c1-8(12-10(13)11-2)9-6-4-3-5-7-9;2*1-2/h3-8H,1-2H3,(H2,11,12,13);2*1-2H3. The first-order valence-electron chi connectivity index (χ1n) is 6.27. The van der Waals surface area contributed by atoms with Crippen molar-refractivity contribution >= 4 is 6.03 Å². The molecule has 0 heterocycles. The van der Waals surface area contributed by atoms with E-state index in [4.69, 9.17) is 0 Å². The van der Waals surface area contributed by atoms with Crippen molar-refractivity contribution in [3.63, 3.8) is 0 Å². The Labute approximate surface area is 106 Å². The minimum absolute atomic E-state index is 0.0427. The van der Waals surface area contributed by atoms with Gasteiger partial charge in [-0.2, -0.15) is 0 Å². The predicted octanol–water partition coefficient (Wildman–Crippen LogP) is 3.73. The molecule has 2 N–H and O–H groups in total. The molecule has 98 valence electrons. The predicted molar refractivity (Wildman–Crippen MR) is 75.1 cm³/mol. The Morgan fingerprint density at radius 2 is 1.53 bits per heavy atom. The lowest BCUT2D eigenvalue weighted by Crippen LogP contribution is -2.34. The molecule has 17 heavy (non-hydrogen) atoms. The van der Waals surface area contributed by atoms with Crippen LogP contribution in [0, 0.1) is 0 Å². The Morgan fingerprint density at radius 1 is 1.06 bits per heavy atom. The van der Waals surface area contributed by atoms with Crippen LogP contribution in [0.2, 0.25) is 0 Å². The van der Waals surface area contributed by atoms with Crippen LogP contribution < -0.4 is 10.6 Å². The summed E-state index contributed by atoms with van der Waals surface area (Å²) in [6.45, 7) is 9.95. The van der Waals surface area contributed by atoms with Crippen molar-refractivity contribution in [2.45, 2.75) is 40.7 Å². The van der Waals surface area contributed by atoms with Crippen molar-refractivity contribution in [3.05, 3.63) is 35.9 Å². The average Bonchev–Trinajstić information content (AvgIpc) is 2.44. The lowest BCUT2D eigenvalue weighted by molar-refractivity contribution is 0.240. The van der Waals surface area contributed by atoms with Gasteiger partial charge in [-0.3, -0.25) is 0 Å². The molecule has 0 bridgehead atoms. The molecule has 0 saturated carbocycles. The summed E-state index contributed by atoms with van der Waals surface area (Å²) < 4.78 is 0. The van der Waals surface area contributed by atoms with Crippen molar-refractivity contribution in [2.24, 2.45) is 0 Å². The minimum atomic E-state index is -0.156. The topological polar surface area (TPSA) is 41.1 Å². The molecule has 1 aromatic rings. The van der Waals surface area contributed by atoms with E-state index in [1.165, 1.54) is 0 Å². The highest BCUT2D eigenvalue weighted by molar-refractivity contribution is 5.73. The zero-order valence-electron chi connectivity index (χ0n) is 11.9. The quantitative estimate of drug-likeness (QED) is 0.810. The molecule has 1 rings (SSSR count). The van der Waals surface area contributed by atoms with Crippen LogP contribution in [-0.2, 0) is 0 Å². The largest absolute Gasteiger partial charge is 0.341 e. The van der Waals surface area contributed by atoms with Crippen LogP contribution in [0.5, 0.6) is 0 Å². The normalized spacial score (nSPS) is 9.76. The van der Waals surface area contributed by atoms with Crippen molar-refractivity contribution in [3.8, 4) is 0 Å². The number of rotatable bonds is 2. The third kappa shape index (κ3) is 8.31. The highest BCUT2D eigenvalue weighted by Crippen LogP contribution is 2.10. The van der Waals surface area contributed by atoms with E-state index < -0.39 is 0 Å². The van der Waals surface area contributed by atoms with E-state index in [0.29, 0.717) is 0 Å². The Balaban J connectivity index is 0. The maximum atomic E-state index is 11.0. The highest BCUT2D eigenvalue weighted by atomic mass is 16.2. The molecular formula is C14H26N2O. The zero-order valence-corrected chi connectivity index (χ0v) is 11.9. The molecule has 3 nitrogen and oxygen atoms in total. The number of benzene rings is 1. The van der Waals surface area contributed by atoms with Gasteiger partial charge in [-0.25, -0.2) is 4.79 Å². The SMILES string of the molecule is CC.CC.CNC(=O)NC(C)c1ccccc1. The van der Waals surface area contributed by atoms with E-state index >= 15 is 0 Å². The Hall–Kier alpha value is -1.51. The molecule has 1 aromatic carbocycles. The fourth-order valence-electron chi connectivity index (χ4n) is 1.09. The molecule has 0 aliphatic heterocycles. The van der Waals surface area contributed by atoms with Gasteiger partial charge in [0, 0.05) is 7.05 Å². The number of nitrogens with one attached hydrogen (secondary N) is 2. The lowest BCUT2D eigenvalue weighted by atomic mass is 10.1. The summed E-state index contributed by atoms with van der Waals surface area (Å²) in [7, 11) is 1.60. The summed E-state index contributed by atoms with van der Waals surface area (Å²) in [5.74, 6) is 0. The second-order valence-corrected chi connectivity index (χ2v) is 2.86. The first kappa shape index (κ1) is 17.9. The van der Waals surface area contributed by atoms with Crippen LogP contribution in [0.1, 0.15) is 46.2 Å². The van der Waals surface area contributed by atoms with Crippen LogP contribution >= 0.6 is 0 Å². The number of carbonyl (C=O) groups is 1. The van der Waals surface area contributed by atoms with Crippen molar-refractivity contribution in [2.75, 3.05) is 7.05 Å². The van der Waals surface area contributed by atoms with Gasteiger partial charge >= 0.3 is 6.03 Å². The highest BCUT2D eigenvalue weighted by Gasteiger charge is 2.06. The van der Waals surface area contributed by atoms with Crippen molar-refractivity contribution in [1.29, 1.82) is 0 Å². The molecule has 1 atom stereocenters. The Morgan fingerprint density at radius 3 is 1.94 bits per heavy atom. The minimum Gasteiger partial charge on any atom is -0.341 e. The first-order valence-corrected chi connectivity index (χ1v) is 6.27. The number of hydrogen-bond acceptors (Lipinski definition) is 1. The van der Waals surface area contributed by atoms with Gasteiger partial charge in [0.2, 0.25) is 0 Å². The fourth-order valence-corrected chi connectivity index (χ4v) is 1.09. The molecule has 0 spiro atoms. The number of amides is 2. The summed E-state index contributed by atoms with van der Waals surface area (Å²) in [6.07, 6.45) is 0. The zero-order chi connectivity index (χ0) is 13.7. The van der Waals surface area contributed by atoms with E-state index in [9.17, 15) is 4.79 Å². The maximum absolute atomic E-state index is 11.0. The van der Waals surface area contributed by atoms with Crippen molar-refractivity contribution in [1.82, 2.24) is 10.6 Å². The second kappa shape index (κ2) is 12.6. The fraction of sp³-hybridized carbons (Fsp3) is 0.500. The van der Waals surface area contributed by atoms with Gasteiger partial charge in [-0.1, -0.05) is 58.0 Å². The van der Waals surface area contributed by atoms with E-state index in [1.54, 1.807) is 7.05 Å². The molecule has 3 heteroatoms.